The number of imidazole rings is 1. The number of fused-ring (bicyclic) bond motifs is 3. The van der Waals surface area contributed by atoms with Gasteiger partial charge < -0.3 is 10.3 Å². The summed E-state index contributed by atoms with van der Waals surface area (Å²) >= 11 is 0. The van der Waals surface area contributed by atoms with Crippen LogP contribution < -0.4 is 11.0 Å². The lowest BCUT2D eigenvalue weighted by Crippen LogP contribution is -2.29. The molecule has 2 aromatic rings. The van der Waals surface area contributed by atoms with Crippen LogP contribution in [0.3, 0.4) is 0 Å². The highest BCUT2D eigenvalue weighted by Crippen LogP contribution is 2.13. The first-order valence-corrected chi connectivity index (χ1v) is 4.64. The summed E-state index contributed by atoms with van der Waals surface area (Å²) in [6.45, 7) is 1.70. The molecule has 0 aromatic carbocycles. The van der Waals surface area contributed by atoms with Crippen LogP contribution in [0.5, 0.6) is 0 Å². The maximum absolute atomic E-state index is 11.6. The van der Waals surface area contributed by atoms with Gasteiger partial charge in [-0.15, -0.1) is 0 Å². The van der Waals surface area contributed by atoms with Gasteiger partial charge in [-0.1, -0.05) is 0 Å². The third-order valence-corrected chi connectivity index (χ3v) is 2.61. The molecule has 0 radical (unpaired) electrons. The zero-order chi connectivity index (χ0) is 9.54. The number of aromatic nitrogens is 3. The number of nitrogens with one attached hydrogen (secondary N) is 2. The van der Waals surface area contributed by atoms with Gasteiger partial charge >= 0.3 is 5.69 Å². The fourth-order valence-electron chi connectivity index (χ4n) is 1.92. The largest absolute Gasteiger partial charge is 0.331 e. The molecule has 0 amide bonds. The molecule has 0 spiro atoms. The van der Waals surface area contributed by atoms with E-state index in [9.17, 15) is 4.79 Å². The van der Waals surface area contributed by atoms with Crippen molar-refractivity contribution in [3.63, 3.8) is 0 Å². The SMILES string of the molecule is O=c1[nH]c2c(c3nccn13)CNCC2. The minimum atomic E-state index is -0.0989. The normalized spacial score (nSPS) is 15.7. The van der Waals surface area contributed by atoms with Gasteiger partial charge in [-0.05, 0) is 0 Å². The Bertz CT molecular complexity index is 539. The van der Waals surface area contributed by atoms with Crippen LogP contribution in [0.4, 0.5) is 0 Å². The summed E-state index contributed by atoms with van der Waals surface area (Å²) in [4.78, 5) is 18.6. The molecule has 2 aromatic heterocycles. The minimum Gasteiger partial charge on any atom is -0.312 e. The van der Waals surface area contributed by atoms with E-state index in [1.165, 1.54) is 0 Å². The summed E-state index contributed by atoms with van der Waals surface area (Å²) in [5, 5.41) is 3.27. The summed E-state index contributed by atoms with van der Waals surface area (Å²) < 4.78 is 1.55. The van der Waals surface area contributed by atoms with E-state index >= 15 is 0 Å². The predicted octanol–water partition coefficient (Wildman–Crippen LogP) is -0.332. The van der Waals surface area contributed by atoms with Crippen molar-refractivity contribution in [2.75, 3.05) is 6.54 Å². The van der Waals surface area contributed by atoms with Crippen LogP contribution in [0.2, 0.25) is 0 Å². The number of H-pyrrole nitrogens is 1. The molecule has 0 fully saturated rings. The summed E-state index contributed by atoms with van der Waals surface area (Å²) in [6.07, 6.45) is 4.20. The molecule has 14 heavy (non-hydrogen) atoms. The smallest absolute Gasteiger partial charge is 0.312 e. The summed E-state index contributed by atoms with van der Waals surface area (Å²) in [5.41, 5.74) is 2.81. The first-order valence-electron chi connectivity index (χ1n) is 4.64. The topological polar surface area (TPSA) is 62.2 Å². The van der Waals surface area contributed by atoms with Crippen LogP contribution in [-0.2, 0) is 13.0 Å². The van der Waals surface area contributed by atoms with Crippen molar-refractivity contribution in [3.8, 4) is 0 Å². The van der Waals surface area contributed by atoms with Crippen molar-refractivity contribution < 1.29 is 0 Å². The van der Waals surface area contributed by atoms with E-state index in [0.717, 1.165) is 36.4 Å². The maximum atomic E-state index is 11.6. The van der Waals surface area contributed by atoms with Crippen molar-refractivity contribution in [3.05, 3.63) is 34.1 Å². The van der Waals surface area contributed by atoms with E-state index in [4.69, 9.17) is 0 Å². The van der Waals surface area contributed by atoms with E-state index in [1.54, 1.807) is 16.8 Å². The second kappa shape index (κ2) is 2.68. The fourth-order valence-corrected chi connectivity index (χ4v) is 1.92. The number of rotatable bonds is 0. The van der Waals surface area contributed by atoms with Gasteiger partial charge in [0.05, 0.1) is 0 Å². The Labute approximate surface area is 79.8 Å². The zero-order valence-electron chi connectivity index (χ0n) is 7.58. The van der Waals surface area contributed by atoms with Gasteiger partial charge in [-0.3, -0.25) is 4.40 Å². The Morgan fingerprint density at radius 1 is 1.50 bits per heavy atom. The second-order valence-corrected chi connectivity index (χ2v) is 3.43. The van der Waals surface area contributed by atoms with Crippen molar-refractivity contribution in [2.24, 2.45) is 0 Å². The van der Waals surface area contributed by atoms with Gasteiger partial charge in [-0.25, -0.2) is 9.78 Å². The molecule has 0 atom stereocenters. The molecule has 0 saturated heterocycles. The summed E-state index contributed by atoms with van der Waals surface area (Å²) in [6, 6.07) is 0. The minimum absolute atomic E-state index is 0.0989. The second-order valence-electron chi connectivity index (χ2n) is 3.43. The molecule has 0 bridgehead atoms. The monoisotopic (exact) mass is 190 g/mol. The van der Waals surface area contributed by atoms with Crippen LogP contribution >= 0.6 is 0 Å². The molecule has 2 N–H and O–H groups in total. The molecule has 0 aliphatic carbocycles. The van der Waals surface area contributed by atoms with Gasteiger partial charge in [0.15, 0.2) is 0 Å². The fraction of sp³-hybridized carbons (Fsp3) is 0.333. The molecule has 3 heterocycles. The van der Waals surface area contributed by atoms with E-state index in [0.29, 0.717) is 0 Å². The lowest BCUT2D eigenvalue weighted by molar-refractivity contribution is 0.624. The molecular weight excluding hydrogens is 180 g/mol. The van der Waals surface area contributed by atoms with Crippen LogP contribution in [0.25, 0.3) is 5.65 Å². The van der Waals surface area contributed by atoms with E-state index in [2.05, 4.69) is 15.3 Å². The molecule has 5 heteroatoms. The number of hydrogen-bond donors (Lipinski definition) is 2. The van der Waals surface area contributed by atoms with E-state index < -0.39 is 0 Å². The maximum Gasteiger partial charge on any atom is 0.331 e. The van der Waals surface area contributed by atoms with Crippen LogP contribution in [-0.4, -0.2) is 20.9 Å². The molecule has 5 nitrogen and oxygen atoms in total. The zero-order valence-corrected chi connectivity index (χ0v) is 7.58. The summed E-state index contributed by atoms with van der Waals surface area (Å²) in [5.74, 6) is 0. The summed E-state index contributed by atoms with van der Waals surface area (Å²) in [7, 11) is 0. The number of aromatic amines is 1. The Kier molecular flexibility index (Phi) is 1.49. The van der Waals surface area contributed by atoms with Crippen LogP contribution in [0.15, 0.2) is 17.2 Å². The lowest BCUT2D eigenvalue weighted by atomic mass is 10.1. The molecule has 1 aliphatic heterocycles. The van der Waals surface area contributed by atoms with Crippen molar-refractivity contribution in [2.45, 2.75) is 13.0 Å². The van der Waals surface area contributed by atoms with E-state index in [1.807, 2.05) is 0 Å². The highest BCUT2D eigenvalue weighted by atomic mass is 16.1. The van der Waals surface area contributed by atoms with E-state index in [-0.39, 0.29) is 5.69 Å². The van der Waals surface area contributed by atoms with Crippen LogP contribution in [0, 0.1) is 0 Å². The number of nitrogens with zero attached hydrogens (tertiary/aromatic N) is 2. The van der Waals surface area contributed by atoms with Crippen LogP contribution in [0.1, 0.15) is 11.3 Å². The lowest BCUT2D eigenvalue weighted by Gasteiger charge is -2.16. The average Bonchev–Trinajstić information content (AvgIpc) is 2.67. The van der Waals surface area contributed by atoms with Gasteiger partial charge in [-0.2, -0.15) is 0 Å². The van der Waals surface area contributed by atoms with Crippen molar-refractivity contribution in [1.82, 2.24) is 19.7 Å². The Morgan fingerprint density at radius 3 is 3.36 bits per heavy atom. The highest BCUT2D eigenvalue weighted by Gasteiger charge is 2.14. The van der Waals surface area contributed by atoms with Gasteiger partial charge in [0.1, 0.15) is 5.65 Å². The third kappa shape index (κ3) is 0.927. The average molecular weight is 190 g/mol. The molecule has 1 aliphatic rings. The Balaban J connectivity index is 2.44. The Hall–Kier alpha value is -1.62. The first kappa shape index (κ1) is 7.75. The van der Waals surface area contributed by atoms with Gasteiger partial charge in [0, 0.05) is 43.2 Å². The molecular formula is C9H10N4O. The highest BCUT2D eigenvalue weighted by molar-refractivity contribution is 5.50. The van der Waals surface area contributed by atoms with Crippen molar-refractivity contribution in [1.29, 1.82) is 0 Å². The molecule has 72 valence electrons. The molecule has 0 saturated carbocycles. The van der Waals surface area contributed by atoms with Gasteiger partial charge in [0.2, 0.25) is 0 Å². The van der Waals surface area contributed by atoms with Crippen molar-refractivity contribution >= 4 is 5.65 Å². The molecule has 0 unspecified atom stereocenters. The van der Waals surface area contributed by atoms with Gasteiger partial charge in [0.25, 0.3) is 0 Å². The quantitative estimate of drug-likeness (QED) is 0.598. The predicted molar refractivity (Wildman–Crippen MR) is 51.2 cm³/mol. The third-order valence-electron chi connectivity index (χ3n) is 2.61. The Morgan fingerprint density at radius 2 is 2.43 bits per heavy atom. The standard InChI is InChI=1S/C9H10N4O/c14-9-12-7-1-2-10-5-6(7)8-11-3-4-13(8)9/h3-4,10H,1-2,5H2,(H,12,14). The molecule has 3 rings (SSSR count). The first-order chi connectivity index (χ1) is 6.86. The number of hydrogen-bond acceptors (Lipinski definition) is 3.